The molecule has 3 rings (SSSR count). The molecule has 2 aromatic rings. The average molecular weight is 405 g/mol. The van der Waals surface area contributed by atoms with Crippen LogP contribution in [0.25, 0.3) is 0 Å². The number of ether oxygens (including phenoxy) is 1. The van der Waals surface area contributed by atoms with Crippen LogP contribution in [-0.2, 0) is 11.2 Å². The molecule has 0 spiro atoms. The van der Waals surface area contributed by atoms with Crippen molar-refractivity contribution in [1.82, 2.24) is 0 Å². The van der Waals surface area contributed by atoms with Crippen LogP contribution in [-0.4, -0.2) is 51.4 Å². The van der Waals surface area contributed by atoms with E-state index in [1.165, 1.54) is 12.1 Å². The van der Waals surface area contributed by atoms with Gasteiger partial charge in [0.2, 0.25) is 0 Å². The first-order valence-corrected chi connectivity index (χ1v) is 9.06. The number of hydrogen-bond acceptors (Lipinski definition) is 6. The quantitative estimate of drug-likeness (QED) is 0.601. The van der Waals surface area contributed by atoms with E-state index < -0.39 is 43.6 Å². The molecule has 1 aliphatic rings. The molecule has 0 aromatic heterocycles. The minimum atomic E-state index is -2.56. The van der Waals surface area contributed by atoms with Crippen molar-refractivity contribution in [3.05, 3.63) is 70.3 Å². The molecule has 1 unspecified atom stereocenters. The topological polar surface area (TPSA) is 114 Å². The smallest absolute Gasteiger partial charge is 0.263 e. The molecule has 0 saturated carbocycles. The van der Waals surface area contributed by atoms with Crippen LogP contribution < -0.4 is 0 Å². The fourth-order valence-electron chi connectivity index (χ4n) is 3.42. The molecule has 1 fully saturated rings. The fourth-order valence-corrected chi connectivity index (χ4v) is 3.42. The lowest BCUT2D eigenvalue weighted by atomic mass is 9.89. The third-order valence-corrected chi connectivity index (χ3v) is 5.10. The minimum Gasteiger partial charge on any atom is -0.394 e. The molecule has 8 heteroatoms. The summed E-state index contributed by atoms with van der Waals surface area (Å²) in [5.41, 5.74) is 2.05. The van der Waals surface area contributed by atoms with Crippen molar-refractivity contribution < 1.29 is 33.9 Å². The van der Waals surface area contributed by atoms with Crippen molar-refractivity contribution in [1.29, 1.82) is 5.26 Å². The second-order valence-electron chi connectivity index (χ2n) is 7.00. The lowest BCUT2D eigenvalue weighted by molar-refractivity contribution is -0.231. The highest BCUT2D eigenvalue weighted by molar-refractivity contribution is 5.44. The molecule has 0 bridgehead atoms. The molecule has 6 nitrogen and oxygen atoms in total. The Morgan fingerprint density at radius 2 is 1.69 bits per heavy atom. The van der Waals surface area contributed by atoms with Crippen LogP contribution in [0.2, 0.25) is 0 Å². The van der Waals surface area contributed by atoms with Crippen LogP contribution >= 0.6 is 0 Å². The van der Waals surface area contributed by atoms with Crippen molar-refractivity contribution in [3.63, 3.8) is 0 Å². The Hall–Kier alpha value is -2.41. The maximum Gasteiger partial charge on any atom is 0.263 e. The van der Waals surface area contributed by atoms with Gasteiger partial charge in [-0.2, -0.15) is 5.26 Å². The van der Waals surface area contributed by atoms with Crippen molar-refractivity contribution in [2.24, 2.45) is 0 Å². The Labute approximate surface area is 166 Å². The third kappa shape index (κ3) is 4.45. The van der Waals surface area contributed by atoms with Crippen molar-refractivity contribution in [3.8, 4) is 6.07 Å². The van der Waals surface area contributed by atoms with Crippen molar-refractivity contribution in [2.75, 3.05) is 6.61 Å². The predicted molar refractivity (Wildman–Crippen MR) is 98.1 cm³/mol. The van der Waals surface area contributed by atoms with Gasteiger partial charge in [-0.05, 0) is 29.2 Å². The monoisotopic (exact) mass is 405 g/mol. The Morgan fingerprint density at radius 1 is 1.00 bits per heavy atom. The van der Waals surface area contributed by atoms with Gasteiger partial charge in [0, 0.05) is 5.56 Å². The second kappa shape index (κ2) is 8.95. The van der Waals surface area contributed by atoms with Gasteiger partial charge in [-0.25, -0.2) is 8.78 Å². The van der Waals surface area contributed by atoms with E-state index in [-0.39, 0.29) is 12.0 Å². The van der Waals surface area contributed by atoms with Gasteiger partial charge in [-0.15, -0.1) is 0 Å². The number of halogens is 2. The second-order valence-corrected chi connectivity index (χ2v) is 7.00. The van der Waals surface area contributed by atoms with Crippen LogP contribution in [0.4, 0.5) is 8.78 Å². The lowest BCUT2D eigenvalue weighted by Crippen LogP contribution is -2.55. The lowest BCUT2D eigenvalue weighted by Gasteiger charge is -2.40. The summed E-state index contributed by atoms with van der Waals surface area (Å²) >= 11 is 0. The van der Waals surface area contributed by atoms with E-state index in [0.717, 1.165) is 5.56 Å². The number of hydrogen-bond donors (Lipinski definition) is 4. The van der Waals surface area contributed by atoms with E-state index in [4.69, 9.17) is 4.74 Å². The van der Waals surface area contributed by atoms with E-state index in [1.54, 1.807) is 30.3 Å². The highest BCUT2D eigenvalue weighted by atomic mass is 19.3. The van der Waals surface area contributed by atoms with Crippen LogP contribution in [0.15, 0.2) is 42.5 Å². The summed E-state index contributed by atoms with van der Waals surface area (Å²) in [5.74, 6) is 0. The van der Waals surface area contributed by atoms with Gasteiger partial charge in [0.15, 0.2) is 0 Å². The Kier molecular flexibility index (Phi) is 6.57. The van der Waals surface area contributed by atoms with Gasteiger partial charge < -0.3 is 25.2 Å². The Bertz CT molecular complexity index is 882. The SMILES string of the molecule is N#Cc1ccc([C@@H]2O[C@H](CO)[C@@H](O)C(O)[C@H]2O)cc1Cc1ccc(C(F)F)cc1. The first-order valence-electron chi connectivity index (χ1n) is 9.06. The number of rotatable bonds is 5. The average Bonchev–Trinajstić information content (AvgIpc) is 2.72. The molecule has 29 heavy (non-hydrogen) atoms. The molecule has 1 heterocycles. The molecule has 5 atom stereocenters. The molecular formula is C21H21F2NO5. The summed E-state index contributed by atoms with van der Waals surface area (Å²) in [6.45, 7) is -0.541. The summed E-state index contributed by atoms with van der Waals surface area (Å²) in [4.78, 5) is 0. The number of aliphatic hydroxyl groups is 4. The van der Waals surface area contributed by atoms with Gasteiger partial charge in [-0.3, -0.25) is 0 Å². The zero-order valence-corrected chi connectivity index (χ0v) is 15.3. The standard InChI is InChI=1S/C21H21F2NO5/c22-21(23)12-3-1-11(2-4-12)7-15-8-13(5-6-14(15)9-24)20-19(28)18(27)17(26)16(10-25)29-20/h1-6,8,16-21,25-28H,7,10H2/t16-,17-,18?,19-,20+/m1/s1. The van der Waals surface area contributed by atoms with Crippen molar-refractivity contribution in [2.45, 2.75) is 43.4 Å². The first kappa shape index (κ1) is 21.3. The highest BCUT2D eigenvalue weighted by Gasteiger charge is 2.44. The molecule has 154 valence electrons. The van der Waals surface area contributed by atoms with Crippen LogP contribution in [0, 0.1) is 11.3 Å². The molecule has 0 aliphatic carbocycles. The largest absolute Gasteiger partial charge is 0.394 e. The number of nitriles is 1. The van der Waals surface area contributed by atoms with E-state index in [1.807, 2.05) is 0 Å². The van der Waals surface area contributed by atoms with Gasteiger partial charge >= 0.3 is 0 Å². The zero-order valence-electron chi connectivity index (χ0n) is 15.3. The maximum atomic E-state index is 12.7. The number of aliphatic hydroxyl groups excluding tert-OH is 4. The first-order chi connectivity index (χ1) is 13.8. The summed E-state index contributed by atoms with van der Waals surface area (Å²) < 4.78 is 31.0. The summed E-state index contributed by atoms with van der Waals surface area (Å²) in [6.07, 6.45) is -8.73. The van der Waals surface area contributed by atoms with E-state index in [9.17, 15) is 34.5 Å². The summed E-state index contributed by atoms with van der Waals surface area (Å²) in [6, 6.07) is 12.6. The van der Waals surface area contributed by atoms with Gasteiger partial charge in [0.05, 0.1) is 18.2 Å². The third-order valence-electron chi connectivity index (χ3n) is 5.10. The van der Waals surface area contributed by atoms with Gasteiger partial charge in [0.1, 0.15) is 30.5 Å². The molecule has 0 radical (unpaired) electrons. The Morgan fingerprint density at radius 3 is 2.28 bits per heavy atom. The van der Waals surface area contributed by atoms with E-state index in [0.29, 0.717) is 16.7 Å². The van der Waals surface area contributed by atoms with E-state index >= 15 is 0 Å². The van der Waals surface area contributed by atoms with E-state index in [2.05, 4.69) is 6.07 Å². The molecule has 4 N–H and O–H groups in total. The maximum absolute atomic E-state index is 12.7. The Balaban J connectivity index is 1.89. The van der Waals surface area contributed by atoms with Crippen molar-refractivity contribution >= 4 is 0 Å². The van der Waals surface area contributed by atoms with Gasteiger partial charge in [0.25, 0.3) is 6.43 Å². The summed E-state index contributed by atoms with van der Waals surface area (Å²) in [5, 5.41) is 49.0. The molecular weight excluding hydrogens is 384 g/mol. The van der Waals surface area contributed by atoms with Crippen LogP contribution in [0.3, 0.4) is 0 Å². The van der Waals surface area contributed by atoms with Gasteiger partial charge in [-0.1, -0.05) is 36.4 Å². The molecule has 1 saturated heterocycles. The molecule has 0 amide bonds. The summed E-state index contributed by atoms with van der Waals surface area (Å²) in [7, 11) is 0. The zero-order chi connectivity index (χ0) is 21.1. The molecule has 2 aromatic carbocycles. The normalized spacial score (nSPS) is 27.0. The highest BCUT2D eigenvalue weighted by Crippen LogP contribution is 2.33. The minimum absolute atomic E-state index is 0.0932. The van der Waals surface area contributed by atoms with Crippen LogP contribution in [0.1, 0.15) is 40.3 Å². The number of nitrogens with zero attached hydrogens (tertiary/aromatic N) is 1. The predicted octanol–water partition coefficient (Wildman–Crippen LogP) is 1.60. The number of benzene rings is 2. The number of alkyl halides is 2. The fraction of sp³-hybridized carbons (Fsp3) is 0.381. The van der Waals surface area contributed by atoms with Crippen LogP contribution in [0.5, 0.6) is 0 Å². The molecule has 1 aliphatic heterocycles.